The largest absolute Gasteiger partial charge is 0.477 e. The zero-order chi connectivity index (χ0) is 35.8. The molecular weight excluding hydrogens is 679 g/mol. The van der Waals surface area contributed by atoms with Crippen molar-refractivity contribution in [2.75, 3.05) is 42.5 Å². The van der Waals surface area contributed by atoms with E-state index in [9.17, 15) is 27.9 Å². The van der Waals surface area contributed by atoms with Crippen LogP contribution in [0, 0.1) is 5.92 Å². The fraction of sp³-hybridized carbons (Fsp3) is 0.500. The van der Waals surface area contributed by atoms with Gasteiger partial charge in [0.15, 0.2) is 0 Å². The highest BCUT2D eigenvalue weighted by Crippen LogP contribution is 2.42. The fourth-order valence-corrected chi connectivity index (χ4v) is 9.57. The molecule has 1 saturated carbocycles. The van der Waals surface area contributed by atoms with Crippen LogP contribution in [-0.4, -0.2) is 96.1 Å². The number of rotatable bonds is 7. The van der Waals surface area contributed by atoms with Crippen LogP contribution in [0.4, 0.5) is 16.3 Å². The molecule has 2 atom stereocenters. The van der Waals surface area contributed by atoms with Gasteiger partial charge in [-0.25, -0.2) is 23.0 Å². The van der Waals surface area contributed by atoms with Crippen molar-refractivity contribution in [1.29, 1.82) is 0 Å². The Bertz CT molecular complexity index is 1820. The second kappa shape index (κ2) is 14.3. The predicted octanol–water partition coefficient (Wildman–Crippen LogP) is 5.94. The molecule has 3 fully saturated rings. The molecule has 2 aromatic heterocycles. The number of hydrogen-bond donors (Lipinski definition) is 1. The summed E-state index contributed by atoms with van der Waals surface area (Å²) < 4.78 is 35.0. The number of nitrogens with zero attached hydrogens (tertiary/aromatic N) is 5. The number of aromatic nitrogens is 1. The summed E-state index contributed by atoms with van der Waals surface area (Å²) in [6.45, 7) is 8.53. The molecule has 1 aliphatic carbocycles. The highest BCUT2D eigenvalue weighted by molar-refractivity contribution is 7.89. The minimum absolute atomic E-state index is 0.0153. The number of piperazine rings is 2. The molecule has 2 amide bonds. The monoisotopic (exact) mass is 723 g/mol. The van der Waals surface area contributed by atoms with Crippen molar-refractivity contribution in [2.45, 2.75) is 82.4 Å². The first-order chi connectivity index (χ1) is 23.7. The summed E-state index contributed by atoms with van der Waals surface area (Å²) in [5.41, 5.74) is 0.581. The molecule has 3 aliphatic rings. The first-order valence-electron chi connectivity index (χ1n) is 17.2. The van der Waals surface area contributed by atoms with E-state index in [4.69, 9.17) is 4.74 Å². The zero-order valence-corrected chi connectivity index (χ0v) is 30.6. The zero-order valence-electron chi connectivity index (χ0n) is 28.9. The van der Waals surface area contributed by atoms with E-state index < -0.39 is 40.1 Å². The van der Waals surface area contributed by atoms with E-state index in [-0.39, 0.29) is 34.4 Å². The number of thiophene rings is 1. The van der Waals surface area contributed by atoms with Gasteiger partial charge in [0.2, 0.25) is 15.9 Å². The molecular formula is C36H45N5O7S2. The number of ether oxygens (including phenoxy) is 1. The lowest BCUT2D eigenvalue weighted by molar-refractivity contribution is -0.121. The van der Waals surface area contributed by atoms with E-state index in [2.05, 4.69) is 4.98 Å². The maximum Gasteiger partial charge on any atom is 0.410 e. The standard InChI is InChI=1S/C36H45N5O7S2/c1-24-21-38(17-18-40(24)35(45)48-36(2,3)4)31-16-15-27(20-37-31)50(46,47)39-22-29(25-11-7-5-8-12-25)41(32(42)23-39)28-19-30(49-33(28)34(43)44)26-13-9-6-10-14-26/h6,9-10,13-16,19-20,24-25,29H,5,7-8,11-12,17-18,21-23H2,1-4H3,(H,43,44)/t24-,29-/m0/s1. The Morgan fingerprint density at radius 1 is 1.00 bits per heavy atom. The maximum absolute atomic E-state index is 14.1. The van der Waals surface area contributed by atoms with Crippen LogP contribution in [0.5, 0.6) is 0 Å². The van der Waals surface area contributed by atoms with Gasteiger partial charge in [-0.3, -0.25) is 4.79 Å². The Labute approximate surface area is 297 Å². The molecule has 0 bridgehead atoms. The lowest BCUT2D eigenvalue weighted by Crippen LogP contribution is -2.60. The molecule has 4 heterocycles. The minimum Gasteiger partial charge on any atom is -0.477 e. The van der Waals surface area contributed by atoms with Crippen LogP contribution < -0.4 is 9.80 Å². The van der Waals surface area contributed by atoms with E-state index in [0.29, 0.717) is 31.1 Å². The summed E-state index contributed by atoms with van der Waals surface area (Å²) in [4.78, 5) is 49.8. The number of hydrogen-bond acceptors (Lipinski definition) is 9. The van der Waals surface area contributed by atoms with Gasteiger partial charge >= 0.3 is 12.1 Å². The lowest BCUT2D eigenvalue weighted by atomic mass is 9.82. The molecule has 2 saturated heterocycles. The topological polar surface area (TPSA) is 141 Å². The summed E-state index contributed by atoms with van der Waals surface area (Å²) in [6.07, 6.45) is 5.63. The number of sulfonamides is 1. The molecule has 0 unspecified atom stereocenters. The summed E-state index contributed by atoms with van der Waals surface area (Å²) in [5, 5.41) is 10.2. The Morgan fingerprint density at radius 2 is 1.72 bits per heavy atom. The SMILES string of the molecule is C[C@H]1CN(c2ccc(S(=O)(=O)N3CC(=O)N(c4cc(-c5ccccc5)sc4C(=O)O)[C@H](C4CCCCC4)C3)cn2)CCN1C(=O)OC(C)(C)C. The number of carboxylic acids is 1. The van der Waals surface area contributed by atoms with Gasteiger partial charge < -0.3 is 24.5 Å². The number of benzene rings is 1. The van der Waals surface area contributed by atoms with E-state index >= 15 is 0 Å². The van der Waals surface area contributed by atoms with Crippen molar-refractivity contribution < 1.29 is 32.6 Å². The van der Waals surface area contributed by atoms with Crippen LogP contribution in [0.1, 0.15) is 69.5 Å². The molecule has 1 N–H and O–H groups in total. The summed E-state index contributed by atoms with van der Waals surface area (Å²) in [6, 6.07) is 13.7. The quantitative estimate of drug-likeness (QED) is 0.314. The third kappa shape index (κ3) is 7.52. The summed E-state index contributed by atoms with van der Waals surface area (Å²) in [7, 11) is -4.11. The second-order valence-corrected chi connectivity index (χ2v) is 17.3. The third-order valence-corrected chi connectivity index (χ3v) is 12.6. The fourth-order valence-electron chi connectivity index (χ4n) is 7.22. The number of anilines is 2. The van der Waals surface area contributed by atoms with E-state index in [0.717, 1.165) is 53.9 Å². The van der Waals surface area contributed by atoms with Gasteiger partial charge in [0, 0.05) is 43.3 Å². The Balaban J connectivity index is 1.23. The number of amides is 2. The van der Waals surface area contributed by atoms with Crippen LogP contribution in [-0.2, 0) is 19.6 Å². The molecule has 268 valence electrons. The van der Waals surface area contributed by atoms with Crippen LogP contribution >= 0.6 is 11.3 Å². The maximum atomic E-state index is 14.1. The number of carbonyl (C=O) groups is 3. The van der Waals surface area contributed by atoms with Gasteiger partial charge in [0.1, 0.15) is 21.2 Å². The minimum atomic E-state index is -4.11. The Hall–Kier alpha value is -4.01. The van der Waals surface area contributed by atoms with Crippen LogP contribution in [0.2, 0.25) is 0 Å². The van der Waals surface area contributed by atoms with Gasteiger partial charge in [0.05, 0.1) is 18.3 Å². The average Bonchev–Trinajstić information content (AvgIpc) is 3.53. The van der Waals surface area contributed by atoms with Crippen molar-refractivity contribution >= 4 is 50.8 Å². The van der Waals surface area contributed by atoms with E-state index in [1.54, 1.807) is 21.9 Å². The molecule has 14 heteroatoms. The van der Waals surface area contributed by atoms with Crippen molar-refractivity contribution in [1.82, 2.24) is 14.2 Å². The number of carboxylic acid groups (broad SMARTS) is 1. The van der Waals surface area contributed by atoms with E-state index in [1.165, 1.54) is 16.6 Å². The molecule has 1 aromatic carbocycles. The van der Waals surface area contributed by atoms with Crippen LogP contribution in [0.15, 0.2) is 59.6 Å². The van der Waals surface area contributed by atoms with Crippen LogP contribution in [0.3, 0.4) is 0 Å². The normalized spacial score (nSPS) is 21.4. The number of aromatic carboxylic acids is 1. The number of carbonyl (C=O) groups excluding carboxylic acids is 2. The Kier molecular flexibility index (Phi) is 10.2. The molecule has 2 aliphatic heterocycles. The van der Waals surface area contributed by atoms with Crippen molar-refractivity contribution in [2.24, 2.45) is 5.92 Å². The van der Waals surface area contributed by atoms with Gasteiger partial charge in [-0.2, -0.15) is 4.31 Å². The van der Waals surface area contributed by atoms with Crippen molar-refractivity contribution in [3.8, 4) is 10.4 Å². The first-order valence-corrected chi connectivity index (χ1v) is 19.4. The molecule has 0 radical (unpaired) electrons. The van der Waals surface area contributed by atoms with Gasteiger partial charge in [-0.15, -0.1) is 11.3 Å². The highest BCUT2D eigenvalue weighted by atomic mass is 32.2. The lowest BCUT2D eigenvalue weighted by Gasteiger charge is -2.44. The summed E-state index contributed by atoms with van der Waals surface area (Å²) in [5.74, 6) is -0.955. The molecule has 3 aromatic rings. The van der Waals surface area contributed by atoms with Gasteiger partial charge in [0.25, 0.3) is 0 Å². The van der Waals surface area contributed by atoms with Crippen molar-refractivity contribution in [3.05, 3.63) is 59.6 Å². The highest BCUT2D eigenvalue weighted by Gasteiger charge is 2.44. The summed E-state index contributed by atoms with van der Waals surface area (Å²) >= 11 is 1.12. The predicted molar refractivity (Wildman–Crippen MR) is 192 cm³/mol. The van der Waals surface area contributed by atoms with E-state index in [1.807, 2.05) is 62.9 Å². The molecule has 6 rings (SSSR count). The third-order valence-electron chi connectivity index (χ3n) is 9.66. The number of pyridine rings is 1. The Morgan fingerprint density at radius 3 is 2.34 bits per heavy atom. The molecule has 50 heavy (non-hydrogen) atoms. The average molecular weight is 724 g/mol. The first kappa shape index (κ1) is 35.8. The molecule has 12 nitrogen and oxygen atoms in total. The molecule has 0 spiro atoms. The van der Waals surface area contributed by atoms with Crippen molar-refractivity contribution in [3.63, 3.8) is 0 Å². The van der Waals surface area contributed by atoms with Gasteiger partial charge in [-0.05, 0) is 70.2 Å². The van der Waals surface area contributed by atoms with Gasteiger partial charge in [-0.1, -0.05) is 49.6 Å². The smallest absolute Gasteiger partial charge is 0.410 e. The van der Waals surface area contributed by atoms with Crippen LogP contribution in [0.25, 0.3) is 10.4 Å². The second-order valence-electron chi connectivity index (χ2n) is 14.3.